The van der Waals surface area contributed by atoms with Gasteiger partial charge in [0.2, 0.25) is 0 Å². The minimum atomic E-state index is 0.517. The van der Waals surface area contributed by atoms with E-state index in [1.807, 2.05) is 79.0 Å². The van der Waals surface area contributed by atoms with Crippen molar-refractivity contribution in [2.75, 3.05) is 21.3 Å². The molecule has 0 atom stereocenters. The molecule has 0 amide bonds. The molecule has 0 spiro atoms. The van der Waals surface area contributed by atoms with E-state index >= 15 is 0 Å². The smallest absolute Gasteiger partial charge is 0.251 e. The van der Waals surface area contributed by atoms with E-state index in [-0.39, 0.29) is 0 Å². The highest BCUT2D eigenvalue weighted by atomic mass is 16.5. The fourth-order valence-corrected chi connectivity index (χ4v) is 3.61. The van der Waals surface area contributed by atoms with Crippen LogP contribution in [0.5, 0.6) is 17.2 Å². The summed E-state index contributed by atoms with van der Waals surface area (Å²) in [6.45, 7) is 0. The summed E-state index contributed by atoms with van der Waals surface area (Å²) in [5.41, 5.74) is 5.07. The standard InChI is InChI=1S/C26H22N4O3/c1-31-20-10-4-17(5-11-20)23-16-30-26(27-23)28-24(18-6-12-21(32-2)13-7-18)25(29-30)19-8-14-22(33-3)15-9-19/h4-16H,1-3H3. The first-order valence-electron chi connectivity index (χ1n) is 10.4. The van der Waals surface area contributed by atoms with Crippen molar-refractivity contribution in [3.05, 3.63) is 79.0 Å². The minimum absolute atomic E-state index is 0.517. The zero-order valence-corrected chi connectivity index (χ0v) is 18.5. The van der Waals surface area contributed by atoms with Gasteiger partial charge in [0.25, 0.3) is 5.78 Å². The molecule has 7 heteroatoms. The van der Waals surface area contributed by atoms with E-state index in [4.69, 9.17) is 29.3 Å². The molecule has 0 aliphatic carbocycles. The molecule has 0 unspecified atom stereocenters. The van der Waals surface area contributed by atoms with Crippen LogP contribution < -0.4 is 14.2 Å². The summed E-state index contributed by atoms with van der Waals surface area (Å²) in [7, 11) is 4.94. The maximum Gasteiger partial charge on any atom is 0.251 e. The molecule has 2 aromatic heterocycles. The normalized spacial score (nSPS) is 10.9. The second kappa shape index (κ2) is 8.63. The summed E-state index contributed by atoms with van der Waals surface area (Å²) in [6, 6.07) is 23.3. The minimum Gasteiger partial charge on any atom is -0.497 e. The Morgan fingerprint density at radius 1 is 0.545 bits per heavy atom. The Labute approximate surface area is 191 Å². The molecule has 0 radical (unpaired) electrons. The molecular weight excluding hydrogens is 416 g/mol. The van der Waals surface area contributed by atoms with Crippen molar-refractivity contribution in [3.63, 3.8) is 0 Å². The summed E-state index contributed by atoms with van der Waals surface area (Å²) in [4.78, 5) is 9.62. The second-order valence-corrected chi connectivity index (χ2v) is 7.37. The van der Waals surface area contributed by atoms with Crippen molar-refractivity contribution >= 4 is 5.78 Å². The molecule has 5 aromatic rings. The van der Waals surface area contributed by atoms with Gasteiger partial charge in [0, 0.05) is 16.7 Å². The summed E-state index contributed by atoms with van der Waals surface area (Å²) in [5.74, 6) is 2.87. The fraction of sp³-hybridized carbons (Fsp3) is 0.115. The van der Waals surface area contributed by atoms with Gasteiger partial charge in [-0.05, 0) is 72.8 Å². The number of ether oxygens (including phenoxy) is 3. The number of fused-ring (bicyclic) bond motifs is 1. The first-order chi connectivity index (χ1) is 16.2. The van der Waals surface area contributed by atoms with Crippen LogP contribution in [0.4, 0.5) is 0 Å². The van der Waals surface area contributed by atoms with Gasteiger partial charge < -0.3 is 14.2 Å². The van der Waals surface area contributed by atoms with Crippen LogP contribution in [0.2, 0.25) is 0 Å². The molecule has 5 rings (SSSR count). The number of nitrogens with zero attached hydrogens (tertiary/aromatic N) is 4. The Hall–Kier alpha value is -4.39. The lowest BCUT2D eigenvalue weighted by Gasteiger charge is -2.10. The highest BCUT2D eigenvalue weighted by Crippen LogP contribution is 2.32. The van der Waals surface area contributed by atoms with Crippen molar-refractivity contribution in [1.82, 2.24) is 19.6 Å². The Balaban J connectivity index is 1.66. The number of rotatable bonds is 6. The molecule has 2 heterocycles. The van der Waals surface area contributed by atoms with Gasteiger partial charge >= 0.3 is 0 Å². The summed E-state index contributed by atoms with van der Waals surface area (Å²) in [6.07, 6.45) is 1.88. The van der Waals surface area contributed by atoms with Crippen LogP contribution in [0.25, 0.3) is 39.5 Å². The van der Waals surface area contributed by atoms with Gasteiger partial charge in [0.1, 0.15) is 28.6 Å². The first kappa shape index (κ1) is 20.5. The van der Waals surface area contributed by atoms with E-state index in [1.54, 1.807) is 25.8 Å². The summed E-state index contributed by atoms with van der Waals surface area (Å²) >= 11 is 0. The van der Waals surface area contributed by atoms with Gasteiger partial charge in [-0.2, -0.15) is 5.10 Å². The molecule has 0 N–H and O–H groups in total. The van der Waals surface area contributed by atoms with E-state index in [0.717, 1.165) is 51.0 Å². The van der Waals surface area contributed by atoms with Gasteiger partial charge in [-0.25, -0.2) is 14.5 Å². The molecule has 3 aromatic carbocycles. The maximum absolute atomic E-state index is 5.31. The SMILES string of the molecule is COc1ccc(-c2cn3nc(-c4ccc(OC)cc4)c(-c4ccc(OC)cc4)nc3n2)cc1. The lowest BCUT2D eigenvalue weighted by Crippen LogP contribution is -2.01. The second-order valence-electron chi connectivity index (χ2n) is 7.37. The molecule has 0 saturated carbocycles. The largest absolute Gasteiger partial charge is 0.497 e. The van der Waals surface area contributed by atoms with Crippen LogP contribution in [-0.4, -0.2) is 40.9 Å². The molecule has 0 aliphatic rings. The van der Waals surface area contributed by atoms with Crippen molar-refractivity contribution in [2.45, 2.75) is 0 Å². The highest BCUT2D eigenvalue weighted by Gasteiger charge is 2.16. The molecule has 0 fully saturated rings. The van der Waals surface area contributed by atoms with Crippen molar-refractivity contribution < 1.29 is 14.2 Å². The van der Waals surface area contributed by atoms with Crippen LogP contribution >= 0.6 is 0 Å². The predicted molar refractivity (Wildman–Crippen MR) is 127 cm³/mol. The van der Waals surface area contributed by atoms with Crippen LogP contribution in [0.15, 0.2) is 79.0 Å². The average molecular weight is 438 g/mol. The number of imidazole rings is 1. The monoisotopic (exact) mass is 438 g/mol. The van der Waals surface area contributed by atoms with Crippen LogP contribution in [0, 0.1) is 0 Å². The summed E-state index contributed by atoms with van der Waals surface area (Å²) < 4.78 is 17.6. The van der Waals surface area contributed by atoms with Crippen LogP contribution in [0.3, 0.4) is 0 Å². The lowest BCUT2D eigenvalue weighted by molar-refractivity contribution is 0.414. The van der Waals surface area contributed by atoms with Crippen molar-refractivity contribution in [2.24, 2.45) is 0 Å². The van der Waals surface area contributed by atoms with Gasteiger partial charge in [-0.15, -0.1) is 0 Å². The summed E-state index contributed by atoms with van der Waals surface area (Å²) in [5, 5.41) is 4.89. The number of aromatic nitrogens is 4. The van der Waals surface area contributed by atoms with Crippen LogP contribution in [-0.2, 0) is 0 Å². The predicted octanol–water partition coefficient (Wildman–Crippen LogP) is 5.15. The van der Waals surface area contributed by atoms with Crippen LogP contribution in [0.1, 0.15) is 0 Å². The van der Waals surface area contributed by atoms with Crippen molar-refractivity contribution in [3.8, 4) is 51.0 Å². The quantitative estimate of drug-likeness (QED) is 0.365. The number of benzene rings is 3. The van der Waals surface area contributed by atoms with Crippen molar-refractivity contribution in [1.29, 1.82) is 0 Å². The zero-order chi connectivity index (χ0) is 22.8. The molecule has 33 heavy (non-hydrogen) atoms. The molecular formula is C26H22N4O3. The molecule has 0 saturated heterocycles. The fourth-order valence-electron chi connectivity index (χ4n) is 3.61. The number of hydrogen-bond donors (Lipinski definition) is 0. The van der Waals surface area contributed by atoms with Gasteiger partial charge in [0.15, 0.2) is 0 Å². The molecule has 7 nitrogen and oxygen atoms in total. The van der Waals surface area contributed by atoms with Gasteiger partial charge in [-0.3, -0.25) is 0 Å². The van der Waals surface area contributed by atoms with E-state index in [1.165, 1.54) is 0 Å². The number of methoxy groups -OCH3 is 3. The third-order valence-electron chi connectivity index (χ3n) is 5.43. The van der Waals surface area contributed by atoms with Gasteiger partial charge in [0.05, 0.1) is 33.2 Å². The Morgan fingerprint density at radius 3 is 1.48 bits per heavy atom. The van der Waals surface area contributed by atoms with E-state index in [0.29, 0.717) is 5.78 Å². The average Bonchev–Trinajstić information content (AvgIpc) is 3.31. The van der Waals surface area contributed by atoms with Gasteiger partial charge in [-0.1, -0.05) is 0 Å². The Kier molecular flexibility index (Phi) is 5.36. The van der Waals surface area contributed by atoms with E-state index < -0.39 is 0 Å². The maximum atomic E-state index is 5.31. The zero-order valence-electron chi connectivity index (χ0n) is 18.5. The Morgan fingerprint density at radius 2 is 1.00 bits per heavy atom. The topological polar surface area (TPSA) is 70.8 Å². The third kappa shape index (κ3) is 3.96. The Bertz CT molecular complexity index is 1310. The molecule has 0 aliphatic heterocycles. The first-order valence-corrected chi connectivity index (χ1v) is 10.4. The van der Waals surface area contributed by atoms with E-state index in [2.05, 4.69) is 0 Å². The third-order valence-corrected chi connectivity index (χ3v) is 5.43. The van der Waals surface area contributed by atoms with E-state index in [9.17, 15) is 0 Å². The lowest BCUT2D eigenvalue weighted by atomic mass is 10.0. The molecule has 0 bridgehead atoms. The highest BCUT2D eigenvalue weighted by molar-refractivity contribution is 5.79. The molecule has 164 valence electrons. The number of hydrogen-bond acceptors (Lipinski definition) is 6.